The van der Waals surface area contributed by atoms with Crippen molar-refractivity contribution >= 4 is 23.8 Å². The van der Waals surface area contributed by atoms with Crippen LogP contribution in [-0.4, -0.2) is 28.1 Å². The Kier molecular flexibility index (Phi) is 6.02. The zero-order valence-electron chi connectivity index (χ0n) is 15.9. The summed E-state index contributed by atoms with van der Waals surface area (Å²) in [5, 5.41) is 23.9. The zero-order valence-corrected chi connectivity index (χ0v) is 15.9. The Morgan fingerprint density at radius 1 is 1.20 bits per heavy atom. The molecule has 0 fully saturated rings. The first kappa shape index (κ1) is 20.5. The molecule has 0 aliphatic rings. The van der Waals surface area contributed by atoms with Gasteiger partial charge in [0.25, 0.3) is 5.69 Å². The molecular weight excluding hydrogens is 390 g/mol. The van der Waals surface area contributed by atoms with Crippen molar-refractivity contribution in [2.75, 3.05) is 0 Å². The predicted octanol–water partition coefficient (Wildman–Crippen LogP) is 3.55. The molecule has 3 rings (SSSR count). The van der Waals surface area contributed by atoms with Gasteiger partial charge in [0, 0.05) is 17.2 Å². The zero-order chi connectivity index (χ0) is 21.7. The van der Waals surface area contributed by atoms with Gasteiger partial charge in [-0.3, -0.25) is 14.9 Å². The monoisotopic (exact) mass is 407 g/mol. The topological polar surface area (TPSA) is 135 Å². The van der Waals surface area contributed by atoms with Gasteiger partial charge in [0.05, 0.1) is 23.1 Å². The van der Waals surface area contributed by atoms with E-state index in [9.17, 15) is 19.7 Å². The minimum Gasteiger partial charge on any atom is -0.478 e. The molecule has 9 nitrogen and oxygen atoms in total. The van der Waals surface area contributed by atoms with E-state index in [-0.39, 0.29) is 23.2 Å². The van der Waals surface area contributed by atoms with E-state index in [2.05, 4.69) is 10.5 Å². The number of benzene rings is 2. The van der Waals surface area contributed by atoms with Gasteiger partial charge in [-0.25, -0.2) is 10.2 Å². The summed E-state index contributed by atoms with van der Waals surface area (Å²) in [6, 6.07) is 14.1. The van der Waals surface area contributed by atoms with Crippen LogP contribution in [-0.2, 0) is 11.2 Å². The lowest BCUT2D eigenvalue weighted by molar-refractivity contribution is -0.385. The molecule has 2 N–H and O–H groups in total. The van der Waals surface area contributed by atoms with Crippen LogP contribution in [0.3, 0.4) is 0 Å². The number of furan rings is 1. The fourth-order valence-corrected chi connectivity index (χ4v) is 2.86. The number of carbonyl (C=O) groups excluding carboxylic acids is 1. The predicted molar refractivity (Wildman–Crippen MR) is 108 cm³/mol. The van der Waals surface area contributed by atoms with Gasteiger partial charge in [-0.15, -0.1) is 0 Å². The van der Waals surface area contributed by atoms with Gasteiger partial charge < -0.3 is 9.52 Å². The Balaban J connectivity index is 1.64. The molecule has 0 radical (unpaired) electrons. The SMILES string of the molecule is Cc1cc(C(=O)O)ccc1-c1ccc(/C=N/NC(=O)Cc2ccccc2[N+](=O)[O-])o1. The summed E-state index contributed by atoms with van der Waals surface area (Å²) in [4.78, 5) is 33.5. The molecule has 152 valence electrons. The number of rotatable bonds is 7. The third-order valence-electron chi connectivity index (χ3n) is 4.29. The molecule has 0 unspecified atom stereocenters. The smallest absolute Gasteiger partial charge is 0.335 e. The highest BCUT2D eigenvalue weighted by Gasteiger charge is 2.15. The van der Waals surface area contributed by atoms with Gasteiger partial charge in [-0.05, 0) is 36.8 Å². The van der Waals surface area contributed by atoms with E-state index in [1.807, 2.05) is 0 Å². The van der Waals surface area contributed by atoms with Crippen LogP contribution in [0.15, 0.2) is 64.1 Å². The van der Waals surface area contributed by atoms with Gasteiger partial charge in [0.1, 0.15) is 11.5 Å². The maximum Gasteiger partial charge on any atom is 0.335 e. The molecule has 1 aromatic heterocycles. The molecule has 0 spiro atoms. The number of nitrogens with one attached hydrogen (secondary N) is 1. The maximum absolute atomic E-state index is 12.0. The molecule has 9 heteroatoms. The number of amides is 1. The summed E-state index contributed by atoms with van der Waals surface area (Å²) in [5.74, 6) is -0.615. The quantitative estimate of drug-likeness (QED) is 0.349. The molecule has 30 heavy (non-hydrogen) atoms. The normalized spacial score (nSPS) is 10.8. The number of nitro benzene ring substituents is 1. The molecule has 0 saturated heterocycles. The van der Waals surface area contributed by atoms with Crippen molar-refractivity contribution in [2.24, 2.45) is 5.10 Å². The summed E-state index contributed by atoms with van der Waals surface area (Å²) in [7, 11) is 0. The van der Waals surface area contributed by atoms with Crippen molar-refractivity contribution in [2.45, 2.75) is 13.3 Å². The van der Waals surface area contributed by atoms with Crippen LogP contribution >= 0.6 is 0 Å². The number of aryl methyl sites for hydroxylation is 1. The lowest BCUT2D eigenvalue weighted by Gasteiger charge is -2.04. The van der Waals surface area contributed by atoms with Crippen LogP contribution in [0.25, 0.3) is 11.3 Å². The average molecular weight is 407 g/mol. The number of nitro groups is 1. The van der Waals surface area contributed by atoms with E-state index in [1.54, 1.807) is 37.3 Å². The highest BCUT2D eigenvalue weighted by atomic mass is 16.6. The fraction of sp³-hybridized carbons (Fsp3) is 0.0952. The number of para-hydroxylation sites is 1. The van der Waals surface area contributed by atoms with Crippen molar-refractivity contribution in [3.8, 4) is 11.3 Å². The Bertz CT molecular complexity index is 1150. The van der Waals surface area contributed by atoms with Crippen LogP contribution in [0.4, 0.5) is 5.69 Å². The van der Waals surface area contributed by atoms with Crippen molar-refractivity contribution in [3.05, 3.63) is 87.2 Å². The minimum atomic E-state index is -1.01. The third kappa shape index (κ3) is 4.76. The molecule has 0 saturated carbocycles. The van der Waals surface area contributed by atoms with E-state index in [0.717, 1.165) is 11.1 Å². The largest absolute Gasteiger partial charge is 0.478 e. The maximum atomic E-state index is 12.0. The molecule has 0 atom stereocenters. The first-order valence-corrected chi connectivity index (χ1v) is 8.83. The summed E-state index contributed by atoms with van der Waals surface area (Å²) in [6.45, 7) is 1.78. The molecular formula is C21H17N3O6. The van der Waals surface area contributed by atoms with Crippen molar-refractivity contribution in [1.29, 1.82) is 0 Å². The van der Waals surface area contributed by atoms with E-state index in [4.69, 9.17) is 9.52 Å². The molecule has 1 amide bonds. The van der Waals surface area contributed by atoms with Crippen molar-refractivity contribution in [3.63, 3.8) is 0 Å². The number of nitrogens with zero attached hydrogens (tertiary/aromatic N) is 2. The lowest BCUT2D eigenvalue weighted by Crippen LogP contribution is -2.20. The number of carboxylic acid groups (broad SMARTS) is 1. The third-order valence-corrected chi connectivity index (χ3v) is 4.29. The Morgan fingerprint density at radius 2 is 1.97 bits per heavy atom. The van der Waals surface area contributed by atoms with Crippen LogP contribution < -0.4 is 5.43 Å². The second kappa shape index (κ2) is 8.82. The fourth-order valence-electron chi connectivity index (χ4n) is 2.86. The number of carbonyl (C=O) groups is 2. The van der Waals surface area contributed by atoms with Crippen LogP contribution in [0.1, 0.15) is 27.2 Å². The second-order valence-electron chi connectivity index (χ2n) is 6.39. The van der Waals surface area contributed by atoms with Gasteiger partial charge in [-0.1, -0.05) is 24.3 Å². The number of hydrazone groups is 1. The molecule has 1 heterocycles. The lowest BCUT2D eigenvalue weighted by atomic mass is 10.0. The van der Waals surface area contributed by atoms with Gasteiger partial charge in [-0.2, -0.15) is 5.10 Å². The van der Waals surface area contributed by atoms with E-state index in [1.165, 1.54) is 30.5 Å². The van der Waals surface area contributed by atoms with E-state index < -0.39 is 16.8 Å². The first-order chi connectivity index (χ1) is 14.3. The molecule has 0 bridgehead atoms. The van der Waals surface area contributed by atoms with Crippen LogP contribution in [0.2, 0.25) is 0 Å². The molecule has 0 aliphatic heterocycles. The summed E-state index contributed by atoms with van der Waals surface area (Å²) >= 11 is 0. The first-order valence-electron chi connectivity index (χ1n) is 8.83. The van der Waals surface area contributed by atoms with Crippen molar-refractivity contribution < 1.29 is 24.0 Å². The van der Waals surface area contributed by atoms with Crippen LogP contribution in [0.5, 0.6) is 0 Å². The Labute approximate surface area is 170 Å². The summed E-state index contributed by atoms with van der Waals surface area (Å²) in [5.41, 5.74) is 4.13. The standard InChI is InChI=1S/C21H17N3O6/c1-13-10-15(21(26)27)6-8-17(13)19-9-7-16(30-19)12-22-23-20(25)11-14-4-2-3-5-18(14)24(28)29/h2-10,12H,11H2,1H3,(H,23,25)(H,26,27)/b22-12+. The number of hydrogen-bond donors (Lipinski definition) is 2. The van der Waals surface area contributed by atoms with E-state index >= 15 is 0 Å². The van der Waals surface area contributed by atoms with Crippen LogP contribution in [0, 0.1) is 17.0 Å². The average Bonchev–Trinajstić information content (AvgIpc) is 3.16. The molecule has 3 aromatic rings. The van der Waals surface area contributed by atoms with Gasteiger partial charge in [0.15, 0.2) is 0 Å². The Hall–Kier alpha value is -4.27. The minimum absolute atomic E-state index is 0.128. The molecule has 2 aromatic carbocycles. The number of aromatic carboxylic acids is 1. The highest BCUT2D eigenvalue weighted by Crippen LogP contribution is 2.26. The van der Waals surface area contributed by atoms with E-state index in [0.29, 0.717) is 11.5 Å². The molecule has 0 aliphatic carbocycles. The number of hydrogen-bond acceptors (Lipinski definition) is 6. The van der Waals surface area contributed by atoms with Crippen molar-refractivity contribution in [1.82, 2.24) is 5.43 Å². The second-order valence-corrected chi connectivity index (χ2v) is 6.39. The Morgan fingerprint density at radius 3 is 2.67 bits per heavy atom. The van der Waals surface area contributed by atoms with Gasteiger partial charge in [0.2, 0.25) is 5.91 Å². The highest BCUT2D eigenvalue weighted by molar-refractivity contribution is 5.89. The summed E-state index contributed by atoms with van der Waals surface area (Å²) in [6.07, 6.45) is 1.12. The summed E-state index contributed by atoms with van der Waals surface area (Å²) < 4.78 is 5.66. The van der Waals surface area contributed by atoms with Gasteiger partial charge >= 0.3 is 5.97 Å². The number of carboxylic acids is 1.